The third kappa shape index (κ3) is 4.18. The fraction of sp³-hybridized carbons (Fsp3) is 0.500. The normalized spacial score (nSPS) is 19.2. The third-order valence-corrected chi connectivity index (χ3v) is 5.04. The summed E-state index contributed by atoms with van der Waals surface area (Å²) in [4.78, 5) is 15.6. The first-order chi connectivity index (χ1) is 10.8. The molecule has 6 heteroatoms. The van der Waals surface area contributed by atoms with Gasteiger partial charge < -0.3 is 5.32 Å². The van der Waals surface area contributed by atoms with E-state index in [2.05, 4.69) is 31.9 Å². The molecule has 0 radical (unpaired) electrons. The van der Waals surface area contributed by atoms with Gasteiger partial charge in [0.15, 0.2) is 0 Å². The van der Waals surface area contributed by atoms with Crippen molar-refractivity contribution in [3.63, 3.8) is 0 Å². The quantitative estimate of drug-likeness (QED) is 0.856. The average molecular weight is 318 g/mol. The standard InChI is InChI=1S/C16H22N4OS/c21-16(17-7-5-14-4-2-10-22-14)12-20-9-1-3-13(11-20)15-6-8-18-19-15/h2,4,6,8,10,13H,1,3,5,7,9,11-12H2,(H,17,21)(H,18,19)/t13-/m0/s1. The van der Waals surface area contributed by atoms with Gasteiger partial charge in [0.25, 0.3) is 0 Å². The third-order valence-electron chi connectivity index (χ3n) is 4.11. The van der Waals surface area contributed by atoms with Crippen LogP contribution in [-0.4, -0.2) is 47.2 Å². The van der Waals surface area contributed by atoms with Gasteiger partial charge >= 0.3 is 0 Å². The van der Waals surface area contributed by atoms with Gasteiger partial charge in [0.05, 0.1) is 6.54 Å². The number of H-pyrrole nitrogens is 1. The number of carbonyl (C=O) groups excluding carboxylic acids is 1. The fourth-order valence-electron chi connectivity index (χ4n) is 2.99. The van der Waals surface area contributed by atoms with E-state index in [1.54, 1.807) is 17.5 Å². The van der Waals surface area contributed by atoms with Gasteiger partial charge in [0, 0.05) is 35.8 Å². The van der Waals surface area contributed by atoms with Crippen LogP contribution in [0.15, 0.2) is 29.8 Å². The van der Waals surface area contributed by atoms with E-state index in [0.29, 0.717) is 12.5 Å². The second-order valence-corrected chi connectivity index (χ2v) is 6.80. The number of nitrogens with one attached hydrogen (secondary N) is 2. The van der Waals surface area contributed by atoms with Crippen LogP contribution in [0.5, 0.6) is 0 Å². The summed E-state index contributed by atoms with van der Waals surface area (Å²) >= 11 is 1.74. The van der Waals surface area contributed by atoms with Crippen LogP contribution < -0.4 is 5.32 Å². The summed E-state index contributed by atoms with van der Waals surface area (Å²) in [5.41, 5.74) is 1.18. The molecule has 2 N–H and O–H groups in total. The number of rotatable bonds is 6. The zero-order valence-electron chi connectivity index (χ0n) is 12.6. The monoisotopic (exact) mass is 318 g/mol. The molecular formula is C16H22N4OS. The molecule has 0 bridgehead atoms. The minimum Gasteiger partial charge on any atom is -0.355 e. The second-order valence-electron chi connectivity index (χ2n) is 5.77. The maximum atomic E-state index is 12.1. The second kappa shape index (κ2) is 7.56. The molecule has 1 saturated heterocycles. The molecule has 118 valence electrons. The van der Waals surface area contributed by atoms with E-state index in [0.717, 1.165) is 32.5 Å². The Balaban J connectivity index is 1.41. The highest BCUT2D eigenvalue weighted by molar-refractivity contribution is 7.09. The lowest BCUT2D eigenvalue weighted by atomic mass is 9.95. The van der Waals surface area contributed by atoms with E-state index in [9.17, 15) is 4.79 Å². The SMILES string of the molecule is O=C(CN1CCC[C@H](c2ccn[nH]2)C1)NCCc1cccs1. The Morgan fingerprint density at radius 3 is 3.23 bits per heavy atom. The molecule has 0 aromatic carbocycles. The van der Waals surface area contributed by atoms with Crippen molar-refractivity contribution in [3.8, 4) is 0 Å². The molecular weight excluding hydrogens is 296 g/mol. The molecule has 1 fully saturated rings. The largest absolute Gasteiger partial charge is 0.355 e. The minimum absolute atomic E-state index is 0.127. The first-order valence-electron chi connectivity index (χ1n) is 7.82. The maximum absolute atomic E-state index is 12.1. The molecule has 2 aromatic rings. The molecule has 3 heterocycles. The van der Waals surface area contributed by atoms with Crippen molar-refractivity contribution < 1.29 is 4.79 Å². The topological polar surface area (TPSA) is 61.0 Å². The molecule has 0 aliphatic carbocycles. The summed E-state index contributed by atoms with van der Waals surface area (Å²) in [6.45, 7) is 3.15. The highest BCUT2D eigenvalue weighted by Gasteiger charge is 2.23. The summed E-state index contributed by atoms with van der Waals surface area (Å²) in [5, 5.41) is 12.2. The lowest BCUT2D eigenvalue weighted by Crippen LogP contribution is -2.42. The summed E-state index contributed by atoms with van der Waals surface area (Å²) in [6, 6.07) is 6.19. The number of aromatic amines is 1. The Kier molecular flexibility index (Phi) is 5.24. The molecule has 5 nitrogen and oxygen atoms in total. The van der Waals surface area contributed by atoms with Crippen LogP contribution in [0.3, 0.4) is 0 Å². The number of hydrogen-bond acceptors (Lipinski definition) is 4. The molecule has 1 atom stereocenters. The minimum atomic E-state index is 0.127. The lowest BCUT2D eigenvalue weighted by molar-refractivity contribution is -0.122. The van der Waals surface area contributed by atoms with Crippen LogP contribution >= 0.6 is 11.3 Å². The molecule has 22 heavy (non-hydrogen) atoms. The fourth-order valence-corrected chi connectivity index (χ4v) is 3.69. The van der Waals surface area contributed by atoms with Gasteiger partial charge in [0.2, 0.25) is 5.91 Å². The van der Waals surface area contributed by atoms with Gasteiger partial charge in [-0.25, -0.2) is 0 Å². The van der Waals surface area contributed by atoms with Gasteiger partial charge in [-0.1, -0.05) is 6.07 Å². The molecule has 1 aliphatic rings. The molecule has 0 saturated carbocycles. The maximum Gasteiger partial charge on any atom is 0.234 e. The average Bonchev–Trinajstić information content (AvgIpc) is 3.21. The van der Waals surface area contributed by atoms with E-state index < -0.39 is 0 Å². The van der Waals surface area contributed by atoms with E-state index in [1.165, 1.54) is 17.0 Å². The van der Waals surface area contributed by atoms with Crippen LogP contribution in [0.1, 0.15) is 29.3 Å². The summed E-state index contributed by atoms with van der Waals surface area (Å²) < 4.78 is 0. The van der Waals surface area contributed by atoms with Crippen molar-refractivity contribution in [3.05, 3.63) is 40.3 Å². The first kappa shape index (κ1) is 15.2. The Morgan fingerprint density at radius 1 is 1.50 bits per heavy atom. The number of amides is 1. The lowest BCUT2D eigenvalue weighted by Gasteiger charge is -2.31. The zero-order valence-corrected chi connectivity index (χ0v) is 13.4. The Morgan fingerprint density at radius 2 is 2.45 bits per heavy atom. The summed E-state index contributed by atoms with van der Waals surface area (Å²) in [7, 11) is 0. The highest BCUT2D eigenvalue weighted by Crippen LogP contribution is 2.24. The zero-order chi connectivity index (χ0) is 15.2. The predicted octanol–water partition coefficient (Wildman–Crippen LogP) is 2.01. The number of thiophene rings is 1. The summed E-state index contributed by atoms with van der Waals surface area (Å²) in [6.07, 6.45) is 5.01. The molecule has 0 spiro atoms. The van der Waals surface area contributed by atoms with E-state index in [4.69, 9.17) is 0 Å². The highest BCUT2D eigenvalue weighted by atomic mass is 32.1. The molecule has 3 rings (SSSR count). The molecule has 2 aromatic heterocycles. The van der Waals surface area contributed by atoms with Crippen LogP contribution in [0, 0.1) is 0 Å². The van der Waals surface area contributed by atoms with Crippen molar-refractivity contribution in [2.45, 2.75) is 25.2 Å². The molecule has 0 unspecified atom stereocenters. The van der Waals surface area contributed by atoms with Crippen molar-refractivity contribution in [1.82, 2.24) is 20.4 Å². The number of likely N-dealkylation sites (tertiary alicyclic amines) is 1. The Labute approximate surface area is 134 Å². The first-order valence-corrected chi connectivity index (χ1v) is 8.70. The van der Waals surface area contributed by atoms with Gasteiger partial charge in [-0.15, -0.1) is 11.3 Å². The number of piperidine rings is 1. The number of carbonyl (C=O) groups is 1. The van der Waals surface area contributed by atoms with Gasteiger partial charge in [-0.2, -0.15) is 5.10 Å². The van der Waals surface area contributed by atoms with Crippen LogP contribution in [0.4, 0.5) is 0 Å². The van der Waals surface area contributed by atoms with Crippen LogP contribution in [-0.2, 0) is 11.2 Å². The molecule has 1 amide bonds. The predicted molar refractivity (Wildman–Crippen MR) is 88.0 cm³/mol. The van der Waals surface area contributed by atoms with E-state index in [1.807, 2.05) is 12.1 Å². The van der Waals surface area contributed by atoms with Gasteiger partial charge in [-0.3, -0.25) is 14.8 Å². The Bertz CT molecular complexity index is 567. The van der Waals surface area contributed by atoms with Crippen LogP contribution in [0.2, 0.25) is 0 Å². The number of nitrogens with zero attached hydrogens (tertiary/aromatic N) is 2. The van der Waals surface area contributed by atoms with Gasteiger partial charge in [0.1, 0.15) is 0 Å². The summed E-state index contributed by atoms with van der Waals surface area (Å²) in [5.74, 6) is 0.594. The number of aromatic nitrogens is 2. The number of hydrogen-bond donors (Lipinski definition) is 2. The Hall–Kier alpha value is -1.66. The van der Waals surface area contributed by atoms with Gasteiger partial charge in [-0.05, 0) is 43.3 Å². The van der Waals surface area contributed by atoms with Crippen molar-refractivity contribution in [2.75, 3.05) is 26.2 Å². The van der Waals surface area contributed by atoms with E-state index >= 15 is 0 Å². The van der Waals surface area contributed by atoms with Crippen LogP contribution in [0.25, 0.3) is 0 Å². The van der Waals surface area contributed by atoms with Crippen molar-refractivity contribution in [1.29, 1.82) is 0 Å². The molecule has 1 aliphatic heterocycles. The van der Waals surface area contributed by atoms with E-state index in [-0.39, 0.29) is 5.91 Å². The van der Waals surface area contributed by atoms with Crippen molar-refractivity contribution >= 4 is 17.2 Å². The smallest absolute Gasteiger partial charge is 0.234 e. The van der Waals surface area contributed by atoms with Crippen molar-refractivity contribution in [2.24, 2.45) is 0 Å².